The van der Waals surface area contributed by atoms with Gasteiger partial charge in [0.1, 0.15) is 11.4 Å². The molecular weight excluding hydrogens is 308 g/mol. The van der Waals surface area contributed by atoms with Gasteiger partial charge in [0.2, 0.25) is 0 Å². The van der Waals surface area contributed by atoms with Crippen LogP contribution in [0.1, 0.15) is 56.8 Å². The summed E-state index contributed by atoms with van der Waals surface area (Å²) in [7, 11) is 0. The highest BCUT2D eigenvalue weighted by Gasteiger charge is 2.15. The first kappa shape index (κ1) is 19.8. The van der Waals surface area contributed by atoms with Crippen molar-refractivity contribution in [2.24, 2.45) is 0 Å². The summed E-state index contributed by atoms with van der Waals surface area (Å²) in [6, 6.07) is 6.17. The first-order valence-electron chi connectivity index (χ1n) is 8.32. The standard InChI is InChI=1S/C18H28N2O4/c1-18(2,3)24-17(23)20-13-7-5-4-6-12-19-16(22)14-8-10-15(21)11-9-14/h8-11,21H,4-7,12-13H2,1-3H3,(H,19,22)(H,20,23). The fourth-order valence-corrected chi connectivity index (χ4v) is 2.02. The molecule has 0 heterocycles. The van der Waals surface area contributed by atoms with E-state index in [1.807, 2.05) is 20.8 Å². The number of phenolic OH excluding ortho intramolecular Hbond substituents is 1. The second-order valence-corrected chi connectivity index (χ2v) is 6.65. The van der Waals surface area contributed by atoms with Gasteiger partial charge in [-0.25, -0.2) is 4.79 Å². The van der Waals surface area contributed by atoms with Gasteiger partial charge in [0.15, 0.2) is 0 Å². The fourth-order valence-electron chi connectivity index (χ4n) is 2.02. The van der Waals surface area contributed by atoms with E-state index in [1.54, 1.807) is 12.1 Å². The number of carbonyl (C=O) groups is 2. The van der Waals surface area contributed by atoms with Gasteiger partial charge in [0, 0.05) is 18.7 Å². The van der Waals surface area contributed by atoms with Gasteiger partial charge in [-0.1, -0.05) is 12.8 Å². The van der Waals surface area contributed by atoms with Gasteiger partial charge in [-0.15, -0.1) is 0 Å². The third kappa shape index (κ3) is 9.02. The molecule has 0 aromatic heterocycles. The summed E-state index contributed by atoms with van der Waals surface area (Å²) in [5.74, 6) is 0.00753. The van der Waals surface area contributed by atoms with Crippen LogP contribution >= 0.6 is 0 Å². The molecule has 1 aromatic rings. The van der Waals surface area contributed by atoms with Gasteiger partial charge in [-0.2, -0.15) is 0 Å². The molecule has 0 saturated carbocycles. The van der Waals surface area contributed by atoms with Crippen molar-refractivity contribution in [2.45, 2.75) is 52.1 Å². The van der Waals surface area contributed by atoms with Crippen LogP contribution in [0.5, 0.6) is 5.75 Å². The maximum Gasteiger partial charge on any atom is 0.407 e. The van der Waals surface area contributed by atoms with Crippen LogP contribution in [0.15, 0.2) is 24.3 Å². The van der Waals surface area contributed by atoms with E-state index in [-0.39, 0.29) is 17.7 Å². The highest BCUT2D eigenvalue weighted by molar-refractivity contribution is 5.94. The number of phenols is 1. The Balaban J connectivity index is 2.01. The van der Waals surface area contributed by atoms with Gasteiger partial charge in [0.25, 0.3) is 5.91 Å². The molecule has 2 amide bonds. The number of ether oxygens (including phenoxy) is 1. The Morgan fingerprint density at radius 1 is 0.958 bits per heavy atom. The SMILES string of the molecule is CC(C)(C)OC(=O)NCCCCCCNC(=O)c1ccc(O)cc1. The topological polar surface area (TPSA) is 87.7 Å². The molecule has 0 saturated heterocycles. The summed E-state index contributed by atoms with van der Waals surface area (Å²) in [6.45, 7) is 6.70. The third-order valence-corrected chi connectivity index (χ3v) is 3.19. The molecule has 0 aliphatic rings. The van der Waals surface area contributed by atoms with E-state index in [4.69, 9.17) is 4.74 Å². The highest BCUT2D eigenvalue weighted by atomic mass is 16.6. The normalized spacial score (nSPS) is 11.0. The lowest BCUT2D eigenvalue weighted by atomic mass is 10.1. The van der Waals surface area contributed by atoms with Crippen LogP contribution in [-0.2, 0) is 4.74 Å². The zero-order valence-electron chi connectivity index (χ0n) is 14.7. The largest absolute Gasteiger partial charge is 0.508 e. The molecule has 6 nitrogen and oxygen atoms in total. The Kier molecular flexibility index (Phi) is 8.09. The van der Waals surface area contributed by atoms with E-state index in [2.05, 4.69) is 10.6 Å². The fraction of sp³-hybridized carbons (Fsp3) is 0.556. The lowest BCUT2D eigenvalue weighted by molar-refractivity contribution is 0.0526. The van der Waals surface area contributed by atoms with Crippen molar-refractivity contribution in [3.05, 3.63) is 29.8 Å². The predicted molar refractivity (Wildman–Crippen MR) is 93.1 cm³/mol. The minimum atomic E-state index is -0.472. The molecule has 1 rings (SSSR count). The van der Waals surface area contributed by atoms with Gasteiger partial charge in [0.05, 0.1) is 0 Å². The molecule has 0 aliphatic carbocycles. The Bertz CT molecular complexity index is 521. The molecule has 0 atom stereocenters. The number of rotatable bonds is 8. The molecule has 0 fully saturated rings. The molecule has 0 bridgehead atoms. The van der Waals surface area contributed by atoms with Crippen molar-refractivity contribution in [2.75, 3.05) is 13.1 Å². The van der Waals surface area contributed by atoms with Crippen molar-refractivity contribution >= 4 is 12.0 Å². The van der Waals surface area contributed by atoms with Crippen molar-refractivity contribution in [1.29, 1.82) is 0 Å². The molecule has 0 aliphatic heterocycles. The van der Waals surface area contributed by atoms with Crippen LogP contribution < -0.4 is 10.6 Å². The second-order valence-electron chi connectivity index (χ2n) is 6.65. The van der Waals surface area contributed by atoms with E-state index in [9.17, 15) is 14.7 Å². The van der Waals surface area contributed by atoms with Crippen LogP contribution in [0, 0.1) is 0 Å². The molecule has 3 N–H and O–H groups in total. The first-order valence-corrected chi connectivity index (χ1v) is 8.32. The van der Waals surface area contributed by atoms with Gasteiger partial charge < -0.3 is 20.5 Å². The lowest BCUT2D eigenvalue weighted by Gasteiger charge is -2.19. The van der Waals surface area contributed by atoms with Gasteiger partial charge in [-0.3, -0.25) is 4.79 Å². The van der Waals surface area contributed by atoms with Crippen molar-refractivity contribution in [3.8, 4) is 5.75 Å². The number of nitrogens with one attached hydrogen (secondary N) is 2. The molecule has 1 aromatic carbocycles. The smallest absolute Gasteiger partial charge is 0.407 e. The highest BCUT2D eigenvalue weighted by Crippen LogP contribution is 2.09. The molecular formula is C18H28N2O4. The quantitative estimate of drug-likeness (QED) is 0.636. The van der Waals surface area contributed by atoms with Gasteiger partial charge >= 0.3 is 6.09 Å². The monoisotopic (exact) mass is 336 g/mol. The average Bonchev–Trinajstić information content (AvgIpc) is 2.48. The molecule has 0 unspecified atom stereocenters. The van der Waals surface area contributed by atoms with E-state index in [0.29, 0.717) is 18.7 Å². The van der Waals surface area contributed by atoms with E-state index in [1.165, 1.54) is 12.1 Å². The minimum absolute atomic E-state index is 0.137. The number of carbonyl (C=O) groups excluding carboxylic acids is 2. The minimum Gasteiger partial charge on any atom is -0.508 e. The molecule has 0 radical (unpaired) electrons. The van der Waals surface area contributed by atoms with Crippen LogP contribution in [0.25, 0.3) is 0 Å². The van der Waals surface area contributed by atoms with Crippen LogP contribution in [0.3, 0.4) is 0 Å². The first-order chi connectivity index (χ1) is 11.3. The van der Waals surface area contributed by atoms with Crippen molar-refractivity contribution in [3.63, 3.8) is 0 Å². The zero-order valence-corrected chi connectivity index (χ0v) is 14.7. The molecule has 6 heteroatoms. The summed E-state index contributed by atoms with van der Waals surface area (Å²) in [6.07, 6.45) is 3.33. The Morgan fingerprint density at radius 3 is 2.04 bits per heavy atom. The number of hydrogen-bond acceptors (Lipinski definition) is 4. The van der Waals surface area contributed by atoms with E-state index in [0.717, 1.165) is 25.7 Å². The molecule has 24 heavy (non-hydrogen) atoms. The van der Waals surface area contributed by atoms with Crippen LogP contribution in [-0.4, -0.2) is 35.8 Å². The maximum absolute atomic E-state index is 11.8. The Hall–Kier alpha value is -2.24. The zero-order chi connectivity index (χ0) is 18.0. The summed E-state index contributed by atoms with van der Waals surface area (Å²) in [5, 5.41) is 14.7. The summed E-state index contributed by atoms with van der Waals surface area (Å²) in [5.41, 5.74) is 0.0640. The summed E-state index contributed by atoms with van der Waals surface area (Å²) in [4.78, 5) is 23.3. The maximum atomic E-state index is 11.8. The number of unbranched alkanes of at least 4 members (excludes halogenated alkanes) is 3. The summed E-state index contributed by atoms with van der Waals surface area (Å²) < 4.78 is 5.15. The number of amides is 2. The number of benzene rings is 1. The third-order valence-electron chi connectivity index (χ3n) is 3.19. The molecule has 134 valence electrons. The van der Waals surface area contributed by atoms with Crippen LogP contribution in [0.2, 0.25) is 0 Å². The second kappa shape index (κ2) is 9.80. The average molecular weight is 336 g/mol. The lowest BCUT2D eigenvalue weighted by Crippen LogP contribution is -2.33. The summed E-state index contributed by atoms with van der Waals surface area (Å²) >= 11 is 0. The van der Waals surface area contributed by atoms with Crippen LogP contribution in [0.4, 0.5) is 4.79 Å². The van der Waals surface area contributed by atoms with Gasteiger partial charge in [-0.05, 0) is 57.9 Å². The van der Waals surface area contributed by atoms with Crippen molar-refractivity contribution < 1.29 is 19.4 Å². The Labute approximate surface area is 143 Å². The van der Waals surface area contributed by atoms with Crippen molar-refractivity contribution in [1.82, 2.24) is 10.6 Å². The van der Waals surface area contributed by atoms with E-state index >= 15 is 0 Å². The number of aromatic hydroxyl groups is 1. The number of alkyl carbamates (subject to hydrolysis) is 1. The predicted octanol–water partition coefficient (Wildman–Crippen LogP) is 3.21. The van der Waals surface area contributed by atoms with E-state index < -0.39 is 5.60 Å². The number of hydrogen-bond donors (Lipinski definition) is 3. The Morgan fingerprint density at radius 2 is 1.50 bits per heavy atom. The molecule has 0 spiro atoms.